The van der Waals surface area contributed by atoms with Crippen molar-refractivity contribution < 1.29 is 32.2 Å². The minimum absolute atomic E-state index is 0.0369. The Morgan fingerprint density at radius 2 is 1.77 bits per heavy atom. The average molecular weight is 603 g/mol. The molecule has 3 heterocycles. The molecule has 8 nitrogen and oxygen atoms in total. The highest BCUT2D eigenvalue weighted by molar-refractivity contribution is 5.79. The highest BCUT2D eigenvalue weighted by Gasteiger charge is 2.47. The van der Waals surface area contributed by atoms with Crippen molar-refractivity contribution in [2.24, 2.45) is 17.6 Å². The van der Waals surface area contributed by atoms with E-state index in [1.807, 2.05) is 28.0 Å². The van der Waals surface area contributed by atoms with Crippen LogP contribution in [0.1, 0.15) is 56.1 Å². The van der Waals surface area contributed by atoms with Crippen molar-refractivity contribution in [2.75, 3.05) is 39.3 Å². The number of piperidine rings is 1. The lowest BCUT2D eigenvalue weighted by Gasteiger charge is -2.42. The Morgan fingerprint density at radius 3 is 2.40 bits per heavy atom. The molecule has 234 valence electrons. The Kier molecular flexibility index (Phi) is 8.48. The molecule has 1 saturated carbocycles. The summed E-state index contributed by atoms with van der Waals surface area (Å²) in [6.45, 7) is 4.50. The third-order valence-corrected chi connectivity index (χ3v) is 9.73. The highest BCUT2D eigenvalue weighted by Crippen LogP contribution is 2.37. The summed E-state index contributed by atoms with van der Waals surface area (Å²) in [5, 5.41) is 0. The molecule has 2 N–H and O–H groups in total. The second kappa shape index (κ2) is 12.1. The Hall–Kier alpha value is -3.05. The monoisotopic (exact) mass is 602 g/mol. The van der Waals surface area contributed by atoms with Crippen LogP contribution < -0.4 is 5.73 Å². The van der Waals surface area contributed by atoms with E-state index in [1.54, 1.807) is 0 Å². The molecule has 5 aliphatic rings. The number of hydrogen-bond donors (Lipinski definition) is 1. The molecule has 3 aliphatic heterocycles. The lowest BCUT2D eigenvalue weighted by molar-refractivity contribution is -0.148. The number of hydrogen-bond acceptors (Lipinski definition) is 6. The first-order valence-electron chi connectivity index (χ1n) is 15.5. The van der Waals surface area contributed by atoms with E-state index in [-0.39, 0.29) is 30.1 Å². The number of allylic oxidation sites excluding steroid dienone is 1. The van der Waals surface area contributed by atoms with Gasteiger partial charge in [0.1, 0.15) is 17.5 Å². The van der Waals surface area contributed by atoms with E-state index in [9.17, 15) is 22.8 Å². The van der Waals surface area contributed by atoms with Crippen LogP contribution in [0.4, 0.5) is 18.0 Å². The molecular formula is C32H41F3N4O4. The quantitative estimate of drug-likeness (QED) is 0.487. The van der Waals surface area contributed by atoms with Gasteiger partial charge in [-0.05, 0) is 67.9 Å². The first-order valence-corrected chi connectivity index (χ1v) is 15.5. The first-order chi connectivity index (χ1) is 20.5. The second-order valence-corrected chi connectivity index (χ2v) is 13.0. The Labute approximate surface area is 250 Å². The number of ether oxygens (including phenoxy) is 2. The maximum absolute atomic E-state index is 13.1. The normalized spacial score (nSPS) is 28.0. The van der Waals surface area contributed by atoms with Gasteiger partial charge in [-0.2, -0.15) is 13.2 Å². The highest BCUT2D eigenvalue weighted by atomic mass is 19.4. The fourth-order valence-corrected chi connectivity index (χ4v) is 7.02. The number of carbonyl (C=O) groups excluding carboxylic acids is 2. The third-order valence-electron chi connectivity index (χ3n) is 9.73. The topological polar surface area (TPSA) is 88.3 Å². The molecule has 1 aromatic carbocycles. The zero-order valence-electron chi connectivity index (χ0n) is 24.4. The van der Waals surface area contributed by atoms with Gasteiger partial charge in [0.25, 0.3) is 0 Å². The molecule has 3 saturated heterocycles. The first kappa shape index (κ1) is 30.0. The molecule has 1 aromatic rings. The summed E-state index contributed by atoms with van der Waals surface area (Å²) in [5.74, 6) is 1.45. The van der Waals surface area contributed by atoms with E-state index in [1.165, 1.54) is 12.1 Å². The molecule has 0 radical (unpaired) electrons. The van der Waals surface area contributed by atoms with Gasteiger partial charge in [0.05, 0.1) is 25.2 Å². The minimum atomic E-state index is -4.33. The Bertz CT molecular complexity index is 1230. The second-order valence-electron chi connectivity index (χ2n) is 13.0. The number of halogens is 3. The van der Waals surface area contributed by atoms with Gasteiger partial charge in [-0.3, -0.25) is 9.69 Å². The molecular weight excluding hydrogens is 561 g/mol. The summed E-state index contributed by atoms with van der Waals surface area (Å²) in [4.78, 5) is 31.8. The molecule has 6 rings (SSSR count). The summed E-state index contributed by atoms with van der Waals surface area (Å²) in [5.41, 5.74) is 5.57. The molecule has 1 unspecified atom stereocenters. The van der Waals surface area contributed by atoms with E-state index in [0.717, 1.165) is 68.6 Å². The lowest BCUT2D eigenvalue weighted by Crippen LogP contribution is -2.56. The minimum Gasteiger partial charge on any atom is -0.487 e. The van der Waals surface area contributed by atoms with Crippen LogP contribution in [0.25, 0.3) is 0 Å². The van der Waals surface area contributed by atoms with E-state index in [0.29, 0.717) is 51.5 Å². The summed E-state index contributed by atoms with van der Waals surface area (Å²) >= 11 is 0. The van der Waals surface area contributed by atoms with Crippen molar-refractivity contribution in [1.82, 2.24) is 14.7 Å². The van der Waals surface area contributed by atoms with Crippen LogP contribution >= 0.6 is 0 Å². The van der Waals surface area contributed by atoms with E-state index >= 15 is 0 Å². The fraction of sp³-hybridized carbons (Fsp3) is 0.625. The summed E-state index contributed by atoms with van der Waals surface area (Å²) in [6.07, 6.45) is 6.99. The molecule has 0 aromatic heterocycles. The van der Waals surface area contributed by atoms with Gasteiger partial charge in [0, 0.05) is 51.0 Å². The van der Waals surface area contributed by atoms with Gasteiger partial charge in [0.15, 0.2) is 0 Å². The molecule has 2 amide bonds. The van der Waals surface area contributed by atoms with E-state index < -0.39 is 17.3 Å². The number of alkyl halides is 3. The maximum Gasteiger partial charge on any atom is 0.416 e. The summed E-state index contributed by atoms with van der Waals surface area (Å²) in [6, 6.07) is 5.37. The van der Waals surface area contributed by atoms with E-state index in [2.05, 4.69) is 4.90 Å². The predicted octanol–water partition coefficient (Wildman–Crippen LogP) is 4.70. The number of benzene rings is 1. The van der Waals surface area contributed by atoms with Crippen LogP contribution in [0.5, 0.6) is 0 Å². The number of nitrogens with two attached hydrogens (primary N) is 1. The molecule has 1 spiro atoms. The standard InChI is InChI=1S/C32H41F3N4O4/c33-32(34,35)25-7-3-22(4-8-25)17-37-15-13-31(14-16-37)21-39(30(41)43-31)18-23-1-5-24(6-2-23)29(40)38-19-28(20-38)42-27-11-9-26(36)10-12-27/h3-4,7-9,11-12,23-24,26,28H,1-2,5-6,10,13-21,36H2/t23-,24-,26?. The van der Waals surface area contributed by atoms with Crippen LogP contribution in [0, 0.1) is 11.8 Å². The SMILES string of the molecule is NC1C=CC(OC2CN(C(=O)[C@H]3CC[C@H](CN4CC5(CCN(Cc6ccc(C(F)(F)F)cc6)CC5)OC4=O)CC3)C2)=CC1. The van der Waals surface area contributed by atoms with Crippen LogP contribution in [0.2, 0.25) is 0 Å². The van der Waals surface area contributed by atoms with Gasteiger partial charge < -0.3 is 25.0 Å². The van der Waals surface area contributed by atoms with Crippen molar-refractivity contribution in [3.8, 4) is 0 Å². The Morgan fingerprint density at radius 1 is 1.07 bits per heavy atom. The molecule has 2 aliphatic carbocycles. The Balaban J connectivity index is 0.901. The van der Waals surface area contributed by atoms with Gasteiger partial charge in [0.2, 0.25) is 5.91 Å². The van der Waals surface area contributed by atoms with Gasteiger partial charge in [-0.15, -0.1) is 0 Å². The number of rotatable bonds is 7. The predicted molar refractivity (Wildman–Crippen MR) is 153 cm³/mol. The van der Waals surface area contributed by atoms with Gasteiger partial charge in [-0.25, -0.2) is 4.79 Å². The lowest BCUT2D eigenvalue weighted by atomic mass is 9.80. The van der Waals surface area contributed by atoms with Crippen molar-refractivity contribution in [3.05, 3.63) is 59.4 Å². The van der Waals surface area contributed by atoms with Crippen LogP contribution in [-0.2, 0) is 27.0 Å². The van der Waals surface area contributed by atoms with Crippen molar-refractivity contribution in [3.63, 3.8) is 0 Å². The number of carbonyl (C=O) groups is 2. The fourth-order valence-electron chi connectivity index (χ4n) is 7.02. The van der Waals surface area contributed by atoms with E-state index in [4.69, 9.17) is 15.2 Å². The average Bonchev–Trinajstić information content (AvgIpc) is 3.26. The van der Waals surface area contributed by atoms with Crippen molar-refractivity contribution in [1.29, 1.82) is 0 Å². The summed E-state index contributed by atoms with van der Waals surface area (Å²) in [7, 11) is 0. The molecule has 4 fully saturated rings. The zero-order valence-corrected chi connectivity index (χ0v) is 24.4. The molecule has 43 heavy (non-hydrogen) atoms. The molecule has 0 bridgehead atoms. The van der Waals surface area contributed by atoms with Crippen LogP contribution in [0.3, 0.4) is 0 Å². The number of nitrogens with zero attached hydrogens (tertiary/aromatic N) is 3. The van der Waals surface area contributed by atoms with Crippen LogP contribution in [-0.4, -0.2) is 83.7 Å². The van der Waals surface area contributed by atoms with Gasteiger partial charge >= 0.3 is 12.3 Å². The van der Waals surface area contributed by atoms with Crippen molar-refractivity contribution in [2.45, 2.75) is 75.4 Å². The molecule has 1 atom stereocenters. The smallest absolute Gasteiger partial charge is 0.416 e. The van der Waals surface area contributed by atoms with Crippen molar-refractivity contribution >= 4 is 12.0 Å². The van der Waals surface area contributed by atoms with Crippen LogP contribution in [0.15, 0.2) is 48.3 Å². The summed E-state index contributed by atoms with van der Waals surface area (Å²) < 4.78 is 50.5. The van der Waals surface area contributed by atoms with Gasteiger partial charge in [-0.1, -0.05) is 18.2 Å². The number of likely N-dealkylation sites (tertiary alicyclic amines) is 2. The zero-order chi connectivity index (χ0) is 30.2. The number of amides is 2. The maximum atomic E-state index is 13.1. The molecule has 11 heteroatoms. The largest absolute Gasteiger partial charge is 0.487 e. The third kappa shape index (κ3) is 7.03.